The smallest absolute Gasteiger partial charge is 0.243 e. The van der Waals surface area contributed by atoms with Crippen molar-refractivity contribution >= 4 is 15.9 Å². The fourth-order valence-corrected chi connectivity index (χ4v) is 3.69. The van der Waals surface area contributed by atoms with Crippen LogP contribution in [0.3, 0.4) is 0 Å². The van der Waals surface area contributed by atoms with Crippen LogP contribution in [0, 0.1) is 5.82 Å². The maximum atomic E-state index is 12.8. The number of β-amino-alcohol motifs (C(OH)–C–C–N with tert-alkyl or cyclic N) is 1. The van der Waals surface area contributed by atoms with Gasteiger partial charge in [0.15, 0.2) is 0 Å². The third-order valence-corrected chi connectivity index (χ3v) is 4.87. The van der Waals surface area contributed by atoms with Crippen molar-refractivity contribution in [2.45, 2.75) is 23.5 Å². The first-order chi connectivity index (χ1) is 8.82. The first-order valence-corrected chi connectivity index (χ1v) is 7.01. The molecule has 0 aromatic heterocycles. The maximum absolute atomic E-state index is 12.8. The molecule has 0 aliphatic carbocycles. The number of primary amides is 1. The first-order valence-electron chi connectivity index (χ1n) is 5.57. The highest BCUT2D eigenvalue weighted by molar-refractivity contribution is 7.89. The summed E-state index contributed by atoms with van der Waals surface area (Å²) in [4.78, 5) is 11.1. The summed E-state index contributed by atoms with van der Waals surface area (Å²) in [5, 5.41) is 9.50. The van der Waals surface area contributed by atoms with E-state index >= 15 is 0 Å². The Labute approximate surface area is 109 Å². The van der Waals surface area contributed by atoms with Crippen LogP contribution < -0.4 is 5.73 Å². The van der Waals surface area contributed by atoms with Crippen LogP contribution in [0.1, 0.15) is 6.42 Å². The van der Waals surface area contributed by atoms with Crippen molar-refractivity contribution in [1.29, 1.82) is 0 Å². The summed E-state index contributed by atoms with van der Waals surface area (Å²) in [5.41, 5.74) is 5.13. The molecule has 19 heavy (non-hydrogen) atoms. The monoisotopic (exact) mass is 288 g/mol. The van der Waals surface area contributed by atoms with Gasteiger partial charge in [0, 0.05) is 13.0 Å². The van der Waals surface area contributed by atoms with Crippen molar-refractivity contribution in [2.24, 2.45) is 5.73 Å². The number of rotatable bonds is 3. The highest BCUT2D eigenvalue weighted by Crippen LogP contribution is 2.26. The van der Waals surface area contributed by atoms with Gasteiger partial charge < -0.3 is 10.8 Å². The summed E-state index contributed by atoms with van der Waals surface area (Å²) in [5.74, 6) is -1.38. The van der Waals surface area contributed by atoms with E-state index in [1.54, 1.807) is 0 Å². The molecule has 1 aliphatic heterocycles. The summed E-state index contributed by atoms with van der Waals surface area (Å²) in [6.07, 6.45) is -0.969. The quantitative estimate of drug-likeness (QED) is 0.778. The van der Waals surface area contributed by atoms with Crippen LogP contribution >= 0.6 is 0 Å². The van der Waals surface area contributed by atoms with Crippen molar-refractivity contribution in [3.63, 3.8) is 0 Å². The molecule has 104 valence electrons. The van der Waals surface area contributed by atoms with Gasteiger partial charge in [0.05, 0.1) is 11.0 Å². The number of aliphatic hydroxyl groups excluding tert-OH is 1. The highest BCUT2D eigenvalue weighted by Gasteiger charge is 2.42. The van der Waals surface area contributed by atoms with E-state index in [0.29, 0.717) is 0 Å². The second kappa shape index (κ2) is 4.87. The Balaban J connectivity index is 2.38. The molecule has 0 radical (unpaired) electrons. The van der Waals surface area contributed by atoms with Gasteiger partial charge in [-0.2, -0.15) is 4.31 Å². The second-order valence-electron chi connectivity index (χ2n) is 4.34. The van der Waals surface area contributed by atoms with Gasteiger partial charge >= 0.3 is 0 Å². The lowest BCUT2D eigenvalue weighted by Gasteiger charge is -2.21. The molecule has 1 aromatic rings. The fourth-order valence-electron chi connectivity index (χ4n) is 2.05. The summed E-state index contributed by atoms with van der Waals surface area (Å²) in [7, 11) is -3.98. The number of hydrogen-bond donors (Lipinski definition) is 2. The molecule has 2 rings (SSSR count). The lowest BCUT2D eigenvalue weighted by Crippen LogP contribution is -2.43. The molecule has 1 aliphatic rings. The van der Waals surface area contributed by atoms with Crippen LogP contribution in [0.4, 0.5) is 4.39 Å². The van der Waals surface area contributed by atoms with Crippen LogP contribution in [0.2, 0.25) is 0 Å². The Morgan fingerprint density at radius 1 is 1.37 bits per heavy atom. The van der Waals surface area contributed by atoms with Crippen molar-refractivity contribution in [3.8, 4) is 0 Å². The number of halogens is 1. The Bertz CT molecular complexity index is 587. The fraction of sp³-hybridized carbons (Fsp3) is 0.364. The van der Waals surface area contributed by atoms with E-state index in [1.165, 1.54) is 0 Å². The summed E-state index contributed by atoms with van der Waals surface area (Å²) in [6.45, 7) is -0.201. The van der Waals surface area contributed by atoms with Gasteiger partial charge in [0.2, 0.25) is 15.9 Å². The molecule has 0 unspecified atom stereocenters. The minimum atomic E-state index is -3.98. The van der Waals surface area contributed by atoms with Crippen LogP contribution in [-0.2, 0) is 14.8 Å². The van der Waals surface area contributed by atoms with Crippen LogP contribution in [0.5, 0.6) is 0 Å². The zero-order chi connectivity index (χ0) is 14.2. The van der Waals surface area contributed by atoms with Gasteiger partial charge in [-0.15, -0.1) is 0 Å². The molecule has 8 heteroatoms. The van der Waals surface area contributed by atoms with Gasteiger partial charge in [-0.25, -0.2) is 12.8 Å². The van der Waals surface area contributed by atoms with E-state index in [-0.39, 0.29) is 17.9 Å². The van der Waals surface area contributed by atoms with Gasteiger partial charge in [-0.05, 0) is 24.3 Å². The van der Waals surface area contributed by atoms with Crippen LogP contribution in [0.25, 0.3) is 0 Å². The minimum absolute atomic E-state index is 0.0320. The first kappa shape index (κ1) is 13.9. The number of benzene rings is 1. The molecule has 3 N–H and O–H groups in total. The third kappa shape index (κ3) is 2.60. The van der Waals surface area contributed by atoms with Crippen molar-refractivity contribution in [2.75, 3.05) is 6.54 Å². The Kier molecular flexibility index (Phi) is 3.57. The maximum Gasteiger partial charge on any atom is 0.243 e. The minimum Gasteiger partial charge on any atom is -0.392 e. The van der Waals surface area contributed by atoms with Crippen molar-refractivity contribution < 1.29 is 22.7 Å². The third-order valence-electron chi connectivity index (χ3n) is 2.98. The zero-order valence-corrected chi connectivity index (χ0v) is 10.7. The highest BCUT2D eigenvalue weighted by atomic mass is 32.2. The molecule has 0 spiro atoms. The topological polar surface area (TPSA) is 101 Å². The molecular weight excluding hydrogens is 275 g/mol. The van der Waals surface area contributed by atoms with Crippen molar-refractivity contribution in [3.05, 3.63) is 30.1 Å². The van der Waals surface area contributed by atoms with Crippen LogP contribution in [-0.4, -0.2) is 42.4 Å². The Morgan fingerprint density at radius 3 is 2.47 bits per heavy atom. The molecule has 6 nitrogen and oxygen atoms in total. The molecule has 1 heterocycles. The number of aliphatic hydroxyl groups is 1. The van der Waals surface area contributed by atoms with Gasteiger partial charge in [0.25, 0.3) is 0 Å². The molecule has 0 bridgehead atoms. The number of nitrogens with zero attached hydrogens (tertiary/aromatic N) is 1. The van der Waals surface area contributed by atoms with E-state index in [0.717, 1.165) is 28.6 Å². The summed E-state index contributed by atoms with van der Waals surface area (Å²) >= 11 is 0. The number of amides is 1. The van der Waals surface area contributed by atoms with Gasteiger partial charge in [-0.3, -0.25) is 4.79 Å². The SMILES string of the molecule is NC(=O)[C@@H]1C[C@H](O)CN1S(=O)(=O)c1ccc(F)cc1. The number of hydrogen-bond acceptors (Lipinski definition) is 4. The van der Waals surface area contributed by atoms with Gasteiger partial charge in [-0.1, -0.05) is 0 Å². The largest absolute Gasteiger partial charge is 0.392 e. The van der Waals surface area contributed by atoms with E-state index in [4.69, 9.17) is 5.73 Å². The van der Waals surface area contributed by atoms with E-state index < -0.39 is 33.9 Å². The molecule has 0 saturated carbocycles. The van der Waals surface area contributed by atoms with E-state index in [2.05, 4.69) is 0 Å². The molecule has 1 aromatic carbocycles. The van der Waals surface area contributed by atoms with Crippen molar-refractivity contribution in [1.82, 2.24) is 4.31 Å². The number of nitrogens with two attached hydrogens (primary N) is 1. The average Bonchev–Trinajstić information content (AvgIpc) is 2.73. The van der Waals surface area contributed by atoms with E-state index in [1.807, 2.05) is 0 Å². The number of carbonyl (C=O) groups is 1. The molecular formula is C11H13FN2O4S. The summed E-state index contributed by atoms with van der Waals surface area (Å²) < 4.78 is 38.2. The zero-order valence-electron chi connectivity index (χ0n) is 9.86. The second-order valence-corrected chi connectivity index (χ2v) is 6.23. The lowest BCUT2D eigenvalue weighted by molar-refractivity contribution is -0.121. The molecule has 1 saturated heterocycles. The molecule has 2 atom stereocenters. The molecule has 1 fully saturated rings. The Hall–Kier alpha value is -1.51. The van der Waals surface area contributed by atoms with Gasteiger partial charge in [0.1, 0.15) is 11.9 Å². The average molecular weight is 288 g/mol. The number of carbonyl (C=O) groups excluding carboxylic acids is 1. The van der Waals surface area contributed by atoms with Crippen LogP contribution in [0.15, 0.2) is 29.2 Å². The van der Waals surface area contributed by atoms with E-state index in [9.17, 15) is 22.7 Å². The predicted octanol–water partition coefficient (Wildman–Crippen LogP) is -0.565. The standard InChI is InChI=1S/C11H13FN2O4S/c12-7-1-3-9(4-2-7)19(17,18)14-6-8(15)5-10(14)11(13)16/h1-4,8,10,15H,5-6H2,(H2,13,16)/t8-,10-/m0/s1. The lowest BCUT2D eigenvalue weighted by atomic mass is 10.2. The predicted molar refractivity (Wildman–Crippen MR) is 63.9 cm³/mol. The summed E-state index contributed by atoms with van der Waals surface area (Å²) in [6, 6.07) is 3.16. The molecule has 1 amide bonds. The Morgan fingerprint density at radius 2 is 1.95 bits per heavy atom. The number of sulfonamides is 1. The normalized spacial score (nSPS) is 24.5.